The van der Waals surface area contributed by atoms with E-state index in [1.807, 2.05) is 31.8 Å². The standard InChI is InChI=1S/C15H20ClN5O/c1-11-15(16)12(2)21(19-11)8-4-7-17-14(22)6-5-13-9-18-20(3)10-13/h5-6,9-10H,4,7-8H2,1-3H3,(H,17,22)/b6-5+. The summed E-state index contributed by atoms with van der Waals surface area (Å²) in [6.45, 7) is 5.15. The summed E-state index contributed by atoms with van der Waals surface area (Å²) in [7, 11) is 1.84. The van der Waals surface area contributed by atoms with Crippen molar-refractivity contribution in [3.63, 3.8) is 0 Å². The predicted molar refractivity (Wildman–Crippen MR) is 86.6 cm³/mol. The molecule has 0 aromatic carbocycles. The molecule has 6 nitrogen and oxygen atoms in total. The zero-order valence-electron chi connectivity index (χ0n) is 13.0. The van der Waals surface area contributed by atoms with E-state index in [1.54, 1.807) is 17.0 Å². The van der Waals surface area contributed by atoms with Gasteiger partial charge in [0, 0.05) is 38.0 Å². The van der Waals surface area contributed by atoms with Gasteiger partial charge in [-0.05, 0) is 26.3 Å². The molecule has 0 radical (unpaired) electrons. The van der Waals surface area contributed by atoms with Crippen molar-refractivity contribution >= 4 is 23.6 Å². The Labute approximate surface area is 134 Å². The molecule has 2 rings (SSSR count). The van der Waals surface area contributed by atoms with Gasteiger partial charge in [-0.15, -0.1) is 0 Å². The van der Waals surface area contributed by atoms with E-state index in [0.717, 1.165) is 29.9 Å². The van der Waals surface area contributed by atoms with Crippen molar-refractivity contribution in [3.05, 3.63) is 40.4 Å². The number of amides is 1. The third-order valence-corrected chi connectivity index (χ3v) is 3.84. The average molecular weight is 322 g/mol. The first-order valence-electron chi connectivity index (χ1n) is 7.11. The molecule has 2 heterocycles. The number of nitrogens with zero attached hydrogens (tertiary/aromatic N) is 4. The number of carbonyl (C=O) groups excluding carboxylic acids is 1. The Balaban J connectivity index is 1.73. The van der Waals surface area contributed by atoms with E-state index in [0.29, 0.717) is 11.6 Å². The molecular formula is C15H20ClN5O. The van der Waals surface area contributed by atoms with E-state index in [2.05, 4.69) is 15.5 Å². The largest absolute Gasteiger partial charge is 0.352 e. The number of aromatic nitrogens is 4. The number of hydrogen-bond acceptors (Lipinski definition) is 3. The molecule has 22 heavy (non-hydrogen) atoms. The summed E-state index contributed by atoms with van der Waals surface area (Å²) in [6.07, 6.45) is 7.59. The second-order valence-corrected chi connectivity index (χ2v) is 5.51. The number of carbonyl (C=O) groups is 1. The highest BCUT2D eigenvalue weighted by atomic mass is 35.5. The molecule has 0 unspecified atom stereocenters. The molecule has 0 aliphatic rings. The molecule has 0 bridgehead atoms. The van der Waals surface area contributed by atoms with E-state index in [1.165, 1.54) is 6.08 Å². The van der Waals surface area contributed by atoms with Crippen molar-refractivity contribution in [2.24, 2.45) is 7.05 Å². The lowest BCUT2D eigenvalue weighted by Gasteiger charge is -2.05. The Bertz CT molecular complexity index is 686. The van der Waals surface area contributed by atoms with Gasteiger partial charge in [0.25, 0.3) is 0 Å². The van der Waals surface area contributed by atoms with Crippen LogP contribution in [0.5, 0.6) is 0 Å². The second kappa shape index (κ2) is 7.26. The minimum atomic E-state index is -0.116. The lowest BCUT2D eigenvalue weighted by atomic mass is 10.3. The highest BCUT2D eigenvalue weighted by molar-refractivity contribution is 6.31. The van der Waals surface area contributed by atoms with Crippen LogP contribution in [0.4, 0.5) is 0 Å². The van der Waals surface area contributed by atoms with Gasteiger partial charge in [0.2, 0.25) is 5.91 Å². The second-order valence-electron chi connectivity index (χ2n) is 5.13. The van der Waals surface area contributed by atoms with Crippen LogP contribution in [0.1, 0.15) is 23.4 Å². The zero-order valence-corrected chi connectivity index (χ0v) is 13.8. The van der Waals surface area contributed by atoms with Crippen molar-refractivity contribution in [3.8, 4) is 0 Å². The minimum absolute atomic E-state index is 0.116. The summed E-state index contributed by atoms with van der Waals surface area (Å²) >= 11 is 6.09. The molecule has 1 amide bonds. The van der Waals surface area contributed by atoms with Crippen LogP contribution in [-0.4, -0.2) is 32.0 Å². The van der Waals surface area contributed by atoms with Crippen molar-refractivity contribution < 1.29 is 4.79 Å². The van der Waals surface area contributed by atoms with Crippen LogP contribution < -0.4 is 5.32 Å². The monoisotopic (exact) mass is 321 g/mol. The number of hydrogen-bond donors (Lipinski definition) is 1. The Morgan fingerprint density at radius 2 is 2.23 bits per heavy atom. The Hall–Kier alpha value is -2.08. The number of aryl methyl sites for hydroxylation is 3. The third kappa shape index (κ3) is 4.21. The summed E-state index contributed by atoms with van der Waals surface area (Å²) in [5.41, 5.74) is 2.69. The molecule has 0 saturated carbocycles. The summed E-state index contributed by atoms with van der Waals surface area (Å²) in [6, 6.07) is 0. The molecule has 2 aromatic rings. The zero-order chi connectivity index (χ0) is 16.1. The highest BCUT2D eigenvalue weighted by Crippen LogP contribution is 2.18. The van der Waals surface area contributed by atoms with Crippen LogP contribution in [0, 0.1) is 13.8 Å². The highest BCUT2D eigenvalue weighted by Gasteiger charge is 2.08. The van der Waals surface area contributed by atoms with Crippen LogP contribution in [-0.2, 0) is 18.4 Å². The van der Waals surface area contributed by atoms with Gasteiger partial charge in [-0.25, -0.2) is 0 Å². The average Bonchev–Trinajstić information content (AvgIpc) is 3.01. The van der Waals surface area contributed by atoms with Crippen LogP contribution in [0.3, 0.4) is 0 Å². The van der Waals surface area contributed by atoms with Crippen LogP contribution in [0.15, 0.2) is 18.5 Å². The van der Waals surface area contributed by atoms with Gasteiger partial charge in [-0.2, -0.15) is 10.2 Å². The smallest absolute Gasteiger partial charge is 0.244 e. The summed E-state index contributed by atoms with van der Waals surface area (Å²) in [5, 5.41) is 11.9. The molecule has 7 heteroatoms. The van der Waals surface area contributed by atoms with Crippen molar-refractivity contribution in [2.45, 2.75) is 26.8 Å². The summed E-state index contributed by atoms with van der Waals surface area (Å²) in [4.78, 5) is 11.7. The first-order chi connectivity index (χ1) is 10.5. The van der Waals surface area contributed by atoms with E-state index in [-0.39, 0.29) is 5.91 Å². The Morgan fingerprint density at radius 1 is 1.45 bits per heavy atom. The predicted octanol–water partition coefficient (Wildman–Crippen LogP) is 2.11. The number of rotatable bonds is 6. The maximum absolute atomic E-state index is 11.7. The summed E-state index contributed by atoms with van der Waals surface area (Å²) < 4.78 is 3.56. The third-order valence-electron chi connectivity index (χ3n) is 3.29. The van der Waals surface area contributed by atoms with Crippen molar-refractivity contribution in [2.75, 3.05) is 6.54 Å². The van der Waals surface area contributed by atoms with Gasteiger partial charge in [0.1, 0.15) is 0 Å². The Kier molecular flexibility index (Phi) is 5.38. The van der Waals surface area contributed by atoms with Gasteiger partial charge in [0.05, 0.1) is 22.6 Å². The molecule has 0 atom stereocenters. The first kappa shape index (κ1) is 16.3. The maximum Gasteiger partial charge on any atom is 0.244 e. The van der Waals surface area contributed by atoms with E-state index in [9.17, 15) is 4.79 Å². The minimum Gasteiger partial charge on any atom is -0.352 e. The van der Waals surface area contributed by atoms with Gasteiger partial charge in [0.15, 0.2) is 0 Å². The molecular weight excluding hydrogens is 302 g/mol. The number of halogens is 1. The molecule has 0 saturated heterocycles. The fourth-order valence-corrected chi connectivity index (χ4v) is 2.23. The van der Waals surface area contributed by atoms with E-state index in [4.69, 9.17) is 11.6 Å². The van der Waals surface area contributed by atoms with Gasteiger partial charge >= 0.3 is 0 Å². The molecule has 0 fully saturated rings. The molecule has 118 valence electrons. The van der Waals surface area contributed by atoms with Crippen molar-refractivity contribution in [1.82, 2.24) is 24.9 Å². The van der Waals surface area contributed by atoms with Crippen LogP contribution in [0.2, 0.25) is 5.02 Å². The van der Waals surface area contributed by atoms with Gasteiger partial charge < -0.3 is 5.32 Å². The van der Waals surface area contributed by atoms with Crippen molar-refractivity contribution in [1.29, 1.82) is 0 Å². The van der Waals surface area contributed by atoms with Crippen LogP contribution in [0.25, 0.3) is 6.08 Å². The SMILES string of the molecule is Cc1nn(CCCNC(=O)/C=C/c2cnn(C)c2)c(C)c1Cl. The van der Waals surface area contributed by atoms with Crippen LogP contribution >= 0.6 is 11.6 Å². The maximum atomic E-state index is 11.7. The Morgan fingerprint density at radius 3 is 2.82 bits per heavy atom. The molecule has 0 spiro atoms. The van der Waals surface area contributed by atoms with E-state index < -0.39 is 0 Å². The molecule has 0 aliphatic carbocycles. The van der Waals surface area contributed by atoms with Gasteiger partial charge in [-0.3, -0.25) is 14.2 Å². The van der Waals surface area contributed by atoms with E-state index >= 15 is 0 Å². The molecule has 1 N–H and O–H groups in total. The first-order valence-corrected chi connectivity index (χ1v) is 7.49. The normalized spacial score (nSPS) is 11.3. The lowest BCUT2D eigenvalue weighted by Crippen LogP contribution is -2.23. The topological polar surface area (TPSA) is 64.7 Å². The summed E-state index contributed by atoms with van der Waals surface area (Å²) in [5.74, 6) is -0.116. The van der Waals surface area contributed by atoms with Gasteiger partial charge in [-0.1, -0.05) is 11.6 Å². The fourth-order valence-electron chi connectivity index (χ4n) is 2.09. The molecule has 2 aromatic heterocycles. The lowest BCUT2D eigenvalue weighted by molar-refractivity contribution is -0.116. The molecule has 0 aliphatic heterocycles. The fraction of sp³-hybridized carbons (Fsp3) is 0.400. The quantitative estimate of drug-likeness (QED) is 0.654. The number of nitrogens with one attached hydrogen (secondary N) is 1.